The number of amides is 1. The Morgan fingerprint density at radius 2 is 1.87 bits per heavy atom. The van der Waals surface area contributed by atoms with Crippen molar-refractivity contribution in [1.82, 2.24) is 14.9 Å². The maximum absolute atomic E-state index is 12.7. The van der Waals surface area contributed by atoms with Crippen LogP contribution in [0.3, 0.4) is 0 Å². The second-order valence-corrected chi connectivity index (χ2v) is 6.18. The van der Waals surface area contributed by atoms with E-state index in [1.165, 1.54) is 28.4 Å². The Balaban J connectivity index is 1.83. The second-order valence-electron chi connectivity index (χ2n) is 6.18. The third-order valence-electron chi connectivity index (χ3n) is 3.97. The molecule has 0 aromatic heterocycles. The van der Waals surface area contributed by atoms with E-state index >= 15 is 0 Å². The first-order valence-electron chi connectivity index (χ1n) is 8.69. The van der Waals surface area contributed by atoms with Crippen molar-refractivity contribution in [2.24, 2.45) is 0 Å². The molecule has 0 saturated carbocycles. The number of hydrogen-bond donors (Lipinski definition) is 1. The molecule has 2 rings (SSSR count). The minimum atomic E-state index is -4.59. The van der Waals surface area contributed by atoms with Crippen LogP contribution in [0.2, 0.25) is 0 Å². The van der Waals surface area contributed by atoms with Gasteiger partial charge < -0.3 is 19.5 Å². The quantitative estimate of drug-likeness (QED) is 0.534. The molecule has 14 heteroatoms. The van der Waals surface area contributed by atoms with Crippen molar-refractivity contribution < 1.29 is 50.1 Å². The number of hydrazine groups is 1. The molecular weight excluding hydrogens is 443 g/mol. The largest absolute Gasteiger partial charge is 0.492 e. The zero-order valence-electron chi connectivity index (χ0n) is 15.7. The fraction of sp³-hybridized carbons (Fsp3) is 0.471. The molecule has 1 aromatic rings. The summed E-state index contributed by atoms with van der Waals surface area (Å²) in [5.74, 6) is -0.101. The van der Waals surface area contributed by atoms with E-state index < -0.39 is 37.0 Å². The van der Waals surface area contributed by atoms with E-state index in [-0.39, 0.29) is 32.1 Å². The Morgan fingerprint density at radius 3 is 2.48 bits per heavy atom. The number of alkyl halides is 7. The summed E-state index contributed by atoms with van der Waals surface area (Å²) in [4.78, 5) is 12.8. The van der Waals surface area contributed by atoms with Gasteiger partial charge in [0.1, 0.15) is 19.0 Å². The molecule has 1 amide bonds. The highest BCUT2D eigenvalue weighted by molar-refractivity contribution is 5.64. The summed E-state index contributed by atoms with van der Waals surface area (Å²) in [5, 5.41) is 11.3. The van der Waals surface area contributed by atoms with Gasteiger partial charge in [-0.1, -0.05) is 6.07 Å². The molecule has 1 aromatic carbocycles. The summed E-state index contributed by atoms with van der Waals surface area (Å²) in [6.45, 7) is -1.60. The molecule has 1 aliphatic heterocycles. The Labute approximate surface area is 171 Å². The molecule has 0 aliphatic carbocycles. The number of hydrogen-bond acceptors (Lipinski definition) is 5. The predicted molar refractivity (Wildman–Crippen MR) is 91.1 cm³/mol. The molecule has 0 radical (unpaired) electrons. The van der Waals surface area contributed by atoms with E-state index in [0.717, 1.165) is 23.2 Å². The average Bonchev–Trinajstić information content (AvgIpc) is 3.12. The van der Waals surface area contributed by atoms with E-state index in [4.69, 9.17) is 4.74 Å². The van der Waals surface area contributed by atoms with Crippen LogP contribution in [-0.2, 0) is 10.9 Å². The van der Waals surface area contributed by atoms with Gasteiger partial charge in [0.2, 0.25) is 0 Å². The number of carbonyl (C=O) groups is 1. The van der Waals surface area contributed by atoms with Crippen molar-refractivity contribution >= 4 is 6.09 Å². The molecule has 174 valence electrons. The summed E-state index contributed by atoms with van der Waals surface area (Å²) in [7, 11) is 0. The zero-order valence-corrected chi connectivity index (χ0v) is 15.7. The lowest BCUT2D eigenvalue weighted by Crippen LogP contribution is -2.46. The van der Waals surface area contributed by atoms with Crippen LogP contribution < -0.4 is 4.74 Å². The third kappa shape index (κ3) is 7.08. The fourth-order valence-corrected chi connectivity index (χ4v) is 2.46. The molecule has 0 spiro atoms. The second kappa shape index (κ2) is 9.94. The summed E-state index contributed by atoms with van der Waals surface area (Å²) >= 11 is 0. The molecule has 0 bridgehead atoms. The molecule has 0 unspecified atom stereocenters. The average molecular weight is 461 g/mol. The predicted octanol–water partition coefficient (Wildman–Crippen LogP) is 3.90. The standard InChI is InChI=1S/C17H18F7N3O4/c18-14(19)17(23,24)31-9-6-25-4-5-26(11-25)27(15(28)29)7-8-30-13-3-1-2-12(10-13)16(20,21)22/h1-5,10,14H,6-9,11H2,(H,28,29). The maximum atomic E-state index is 12.7. The maximum Gasteiger partial charge on any atom is 0.426 e. The van der Waals surface area contributed by atoms with Gasteiger partial charge in [-0.05, 0) is 18.2 Å². The summed E-state index contributed by atoms with van der Waals surface area (Å²) in [5.41, 5.74) is -0.919. The van der Waals surface area contributed by atoms with E-state index in [1.807, 2.05) is 0 Å². The van der Waals surface area contributed by atoms with Gasteiger partial charge in [0.05, 0.1) is 18.7 Å². The van der Waals surface area contributed by atoms with E-state index in [9.17, 15) is 40.6 Å². The molecule has 0 fully saturated rings. The molecule has 0 saturated heterocycles. The Bertz CT molecular complexity index is 776. The lowest BCUT2D eigenvalue weighted by Gasteiger charge is -2.30. The molecule has 0 atom stereocenters. The lowest BCUT2D eigenvalue weighted by molar-refractivity contribution is -0.300. The topological polar surface area (TPSA) is 65.5 Å². The first-order valence-corrected chi connectivity index (χ1v) is 8.69. The minimum absolute atomic E-state index is 0.101. The molecule has 31 heavy (non-hydrogen) atoms. The Morgan fingerprint density at radius 1 is 1.16 bits per heavy atom. The molecular formula is C17H18F7N3O4. The van der Waals surface area contributed by atoms with Crippen LogP contribution in [-0.4, -0.2) is 71.6 Å². The van der Waals surface area contributed by atoms with Crippen LogP contribution in [0, 0.1) is 0 Å². The molecule has 1 N–H and O–H groups in total. The van der Waals surface area contributed by atoms with Crippen molar-refractivity contribution in [3.05, 3.63) is 42.2 Å². The fourth-order valence-electron chi connectivity index (χ4n) is 2.46. The van der Waals surface area contributed by atoms with Gasteiger partial charge in [-0.2, -0.15) is 22.0 Å². The van der Waals surface area contributed by atoms with Gasteiger partial charge in [-0.15, -0.1) is 0 Å². The summed E-state index contributed by atoms with van der Waals surface area (Å²) in [6, 6.07) is 4.07. The van der Waals surface area contributed by atoms with Crippen LogP contribution in [0.15, 0.2) is 36.7 Å². The normalized spacial score (nSPS) is 14.5. The summed E-state index contributed by atoms with van der Waals surface area (Å²) < 4.78 is 96.7. The Kier molecular flexibility index (Phi) is 7.81. The third-order valence-corrected chi connectivity index (χ3v) is 3.97. The number of benzene rings is 1. The number of nitrogens with zero attached hydrogens (tertiary/aromatic N) is 3. The minimum Gasteiger partial charge on any atom is -0.492 e. The van der Waals surface area contributed by atoms with E-state index in [0.29, 0.717) is 0 Å². The van der Waals surface area contributed by atoms with Gasteiger partial charge >= 0.3 is 24.8 Å². The number of halogens is 7. The number of rotatable bonds is 10. The highest BCUT2D eigenvalue weighted by Crippen LogP contribution is 2.31. The van der Waals surface area contributed by atoms with Crippen molar-refractivity contribution in [3.63, 3.8) is 0 Å². The van der Waals surface area contributed by atoms with Crippen LogP contribution in [0.25, 0.3) is 0 Å². The van der Waals surface area contributed by atoms with E-state index in [1.54, 1.807) is 0 Å². The first kappa shape index (κ1) is 24.4. The van der Waals surface area contributed by atoms with Crippen LogP contribution in [0.1, 0.15) is 5.56 Å². The lowest BCUT2D eigenvalue weighted by atomic mass is 10.2. The van der Waals surface area contributed by atoms with E-state index in [2.05, 4.69) is 4.74 Å². The van der Waals surface area contributed by atoms with Crippen molar-refractivity contribution in [1.29, 1.82) is 0 Å². The monoisotopic (exact) mass is 461 g/mol. The zero-order chi connectivity index (χ0) is 23.2. The SMILES string of the molecule is O=C(O)N(CCOc1cccc(C(F)(F)F)c1)N1C=CN(CCOC(F)(F)C(F)F)C1. The van der Waals surface area contributed by atoms with Gasteiger partial charge in [0, 0.05) is 18.9 Å². The summed E-state index contributed by atoms with van der Waals surface area (Å²) in [6.07, 6.45) is -11.9. The van der Waals surface area contributed by atoms with Gasteiger partial charge in [-0.25, -0.2) is 18.6 Å². The highest BCUT2D eigenvalue weighted by Gasteiger charge is 2.42. The number of carboxylic acid groups (broad SMARTS) is 1. The van der Waals surface area contributed by atoms with Gasteiger partial charge in [-0.3, -0.25) is 5.01 Å². The van der Waals surface area contributed by atoms with Crippen LogP contribution in [0.4, 0.5) is 35.5 Å². The highest BCUT2D eigenvalue weighted by atomic mass is 19.4. The van der Waals surface area contributed by atoms with Gasteiger partial charge in [0.25, 0.3) is 0 Å². The smallest absolute Gasteiger partial charge is 0.426 e. The number of ether oxygens (including phenoxy) is 2. The van der Waals surface area contributed by atoms with Crippen molar-refractivity contribution in [3.8, 4) is 5.75 Å². The Hall–Kier alpha value is -2.90. The molecule has 7 nitrogen and oxygen atoms in total. The van der Waals surface area contributed by atoms with Crippen LogP contribution >= 0.6 is 0 Å². The molecule has 1 aliphatic rings. The van der Waals surface area contributed by atoms with Gasteiger partial charge in [0.15, 0.2) is 0 Å². The van der Waals surface area contributed by atoms with Crippen molar-refractivity contribution in [2.75, 3.05) is 33.0 Å². The first-order chi connectivity index (χ1) is 14.4. The van der Waals surface area contributed by atoms with Crippen LogP contribution in [0.5, 0.6) is 5.75 Å². The molecule has 1 heterocycles. The van der Waals surface area contributed by atoms with Crippen molar-refractivity contribution in [2.45, 2.75) is 18.7 Å².